The van der Waals surface area contributed by atoms with Gasteiger partial charge in [0.25, 0.3) is 0 Å². The zero-order chi connectivity index (χ0) is 13.8. The number of benzene rings is 2. The van der Waals surface area contributed by atoms with Gasteiger partial charge in [-0.25, -0.2) is 8.78 Å². The summed E-state index contributed by atoms with van der Waals surface area (Å²) < 4.78 is 32.4. The minimum Gasteiger partial charge on any atom is -0.489 e. The summed E-state index contributed by atoms with van der Waals surface area (Å²) in [6.07, 6.45) is 0. The number of rotatable bonds is 4. The molecule has 0 saturated heterocycles. The van der Waals surface area contributed by atoms with E-state index in [9.17, 15) is 8.78 Å². The van der Waals surface area contributed by atoms with Crippen molar-refractivity contribution >= 4 is 15.9 Å². The number of hydrogen-bond donors (Lipinski definition) is 1. The fraction of sp³-hybridized carbons (Fsp3) is 0.143. The first-order valence-electron chi connectivity index (χ1n) is 5.65. The largest absolute Gasteiger partial charge is 0.489 e. The summed E-state index contributed by atoms with van der Waals surface area (Å²) in [5, 5.41) is 0. The second-order valence-corrected chi connectivity index (χ2v) is 4.79. The molecule has 2 N–H and O–H groups in total. The van der Waals surface area contributed by atoms with E-state index in [4.69, 9.17) is 10.5 Å². The highest BCUT2D eigenvalue weighted by Crippen LogP contribution is 2.23. The van der Waals surface area contributed by atoms with Crippen LogP contribution in [0.5, 0.6) is 5.75 Å². The summed E-state index contributed by atoms with van der Waals surface area (Å²) in [5.74, 6) is -0.393. The summed E-state index contributed by atoms with van der Waals surface area (Å²) in [6.45, 7) is 0.379. The Kier molecular flexibility index (Phi) is 4.50. The molecular weight excluding hydrogens is 316 g/mol. The van der Waals surface area contributed by atoms with Crippen LogP contribution in [0.4, 0.5) is 8.78 Å². The SMILES string of the molecule is NCc1cc(F)cc(OCc2cccc(F)c2Br)c1. The Morgan fingerprint density at radius 2 is 1.95 bits per heavy atom. The minimum absolute atomic E-state index is 0.145. The average Bonchev–Trinajstić information content (AvgIpc) is 2.40. The van der Waals surface area contributed by atoms with E-state index in [1.165, 1.54) is 18.2 Å². The second kappa shape index (κ2) is 6.12. The first-order chi connectivity index (χ1) is 9.10. The predicted octanol–water partition coefficient (Wildman–Crippen LogP) is 3.77. The van der Waals surface area contributed by atoms with Crippen LogP contribution in [-0.2, 0) is 13.2 Å². The lowest BCUT2D eigenvalue weighted by molar-refractivity contribution is 0.302. The Balaban J connectivity index is 2.14. The smallest absolute Gasteiger partial charge is 0.137 e. The predicted molar refractivity (Wildman–Crippen MR) is 72.7 cm³/mol. The molecule has 2 aromatic rings. The van der Waals surface area contributed by atoms with Gasteiger partial charge in [0, 0.05) is 18.2 Å². The molecule has 0 heterocycles. The van der Waals surface area contributed by atoms with Gasteiger partial charge >= 0.3 is 0 Å². The topological polar surface area (TPSA) is 35.2 Å². The molecule has 2 nitrogen and oxygen atoms in total. The van der Waals surface area contributed by atoms with E-state index in [0.29, 0.717) is 21.3 Å². The molecule has 5 heteroatoms. The monoisotopic (exact) mass is 327 g/mol. The van der Waals surface area contributed by atoms with Crippen LogP contribution in [-0.4, -0.2) is 0 Å². The van der Waals surface area contributed by atoms with Gasteiger partial charge in [-0.1, -0.05) is 12.1 Å². The number of halogens is 3. The molecule has 0 aliphatic heterocycles. The fourth-order valence-electron chi connectivity index (χ4n) is 1.64. The van der Waals surface area contributed by atoms with Crippen molar-refractivity contribution in [3.8, 4) is 5.75 Å². The van der Waals surface area contributed by atoms with E-state index in [2.05, 4.69) is 15.9 Å². The van der Waals surface area contributed by atoms with Crippen molar-refractivity contribution in [2.75, 3.05) is 0 Å². The highest BCUT2D eigenvalue weighted by atomic mass is 79.9. The molecule has 0 radical (unpaired) electrons. The number of ether oxygens (including phenoxy) is 1. The van der Waals surface area contributed by atoms with E-state index in [0.717, 1.165) is 0 Å². The second-order valence-electron chi connectivity index (χ2n) is 4.00. The molecule has 0 aliphatic carbocycles. The fourth-order valence-corrected chi connectivity index (χ4v) is 2.02. The highest BCUT2D eigenvalue weighted by Gasteiger charge is 2.07. The molecule has 0 spiro atoms. The molecule has 0 aliphatic rings. The van der Waals surface area contributed by atoms with E-state index in [-0.39, 0.29) is 19.0 Å². The van der Waals surface area contributed by atoms with Crippen LogP contribution in [0, 0.1) is 11.6 Å². The molecule has 0 amide bonds. The molecule has 2 aromatic carbocycles. The van der Waals surface area contributed by atoms with E-state index in [1.54, 1.807) is 18.2 Å². The zero-order valence-electron chi connectivity index (χ0n) is 10.00. The quantitative estimate of drug-likeness (QED) is 0.927. The zero-order valence-corrected chi connectivity index (χ0v) is 11.6. The Bertz CT molecular complexity index is 590. The van der Waals surface area contributed by atoms with E-state index >= 15 is 0 Å². The molecular formula is C14H12BrF2NO. The summed E-state index contributed by atoms with van der Waals surface area (Å²) >= 11 is 3.15. The van der Waals surface area contributed by atoms with Crippen molar-refractivity contribution < 1.29 is 13.5 Å². The Labute approximate surface area is 118 Å². The van der Waals surface area contributed by atoms with Gasteiger partial charge in [-0.2, -0.15) is 0 Å². The lowest BCUT2D eigenvalue weighted by Crippen LogP contribution is -2.01. The minimum atomic E-state index is -0.406. The van der Waals surface area contributed by atoms with Crippen LogP contribution in [0.3, 0.4) is 0 Å². The first kappa shape index (κ1) is 14.0. The van der Waals surface area contributed by atoms with Crippen molar-refractivity contribution in [3.05, 3.63) is 63.6 Å². The average molecular weight is 328 g/mol. The first-order valence-corrected chi connectivity index (χ1v) is 6.44. The van der Waals surface area contributed by atoms with Crippen LogP contribution in [0.25, 0.3) is 0 Å². The molecule has 0 fully saturated rings. The standard InChI is InChI=1S/C14H12BrF2NO/c15-14-10(2-1-3-13(14)17)8-19-12-5-9(7-18)4-11(16)6-12/h1-6H,7-8,18H2. The van der Waals surface area contributed by atoms with Crippen LogP contribution in [0.15, 0.2) is 40.9 Å². The van der Waals surface area contributed by atoms with Crippen LogP contribution < -0.4 is 10.5 Å². The van der Waals surface area contributed by atoms with Crippen molar-refractivity contribution in [2.24, 2.45) is 5.73 Å². The maximum absolute atomic E-state index is 13.3. The van der Waals surface area contributed by atoms with Crippen molar-refractivity contribution in [2.45, 2.75) is 13.2 Å². The van der Waals surface area contributed by atoms with Gasteiger partial charge in [0.1, 0.15) is 24.0 Å². The van der Waals surface area contributed by atoms with Gasteiger partial charge in [-0.05, 0) is 39.7 Å². The van der Waals surface area contributed by atoms with Crippen LogP contribution in [0.2, 0.25) is 0 Å². The Morgan fingerprint density at radius 3 is 2.68 bits per heavy atom. The van der Waals surface area contributed by atoms with Crippen molar-refractivity contribution in [3.63, 3.8) is 0 Å². The summed E-state index contributed by atoms with van der Waals surface area (Å²) in [7, 11) is 0. The molecule has 100 valence electrons. The third-order valence-electron chi connectivity index (χ3n) is 2.59. The molecule has 19 heavy (non-hydrogen) atoms. The van der Waals surface area contributed by atoms with Crippen LogP contribution in [0.1, 0.15) is 11.1 Å². The molecule has 0 atom stereocenters. The van der Waals surface area contributed by atoms with Gasteiger partial charge in [0.2, 0.25) is 0 Å². The molecule has 0 bridgehead atoms. The summed E-state index contributed by atoms with van der Waals surface area (Å²) in [5.41, 5.74) is 6.76. The van der Waals surface area contributed by atoms with Crippen molar-refractivity contribution in [1.82, 2.24) is 0 Å². The van der Waals surface area contributed by atoms with Crippen molar-refractivity contribution in [1.29, 1.82) is 0 Å². The van der Waals surface area contributed by atoms with Gasteiger partial charge in [0.05, 0.1) is 4.47 Å². The maximum Gasteiger partial charge on any atom is 0.137 e. The van der Waals surface area contributed by atoms with Gasteiger partial charge < -0.3 is 10.5 Å². The maximum atomic E-state index is 13.3. The number of hydrogen-bond acceptors (Lipinski definition) is 2. The Hall–Kier alpha value is -1.46. The molecule has 2 rings (SSSR count). The highest BCUT2D eigenvalue weighted by molar-refractivity contribution is 9.10. The molecule has 0 unspecified atom stereocenters. The third-order valence-corrected chi connectivity index (χ3v) is 3.48. The lowest BCUT2D eigenvalue weighted by Gasteiger charge is -2.09. The summed E-state index contributed by atoms with van der Waals surface area (Å²) in [6, 6.07) is 8.96. The van der Waals surface area contributed by atoms with E-state index in [1.807, 2.05) is 0 Å². The van der Waals surface area contributed by atoms with Crippen LogP contribution >= 0.6 is 15.9 Å². The van der Waals surface area contributed by atoms with Gasteiger partial charge in [-0.3, -0.25) is 0 Å². The normalized spacial score (nSPS) is 10.5. The van der Waals surface area contributed by atoms with Gasteiger partial charge in [-0.15, -0.1) is 0 Å². The van der Waals surface area contributed by atoms with E-state index < -0.39 is 5.82 Å². The lowest BCUT2D eigenvalue weighted by atomic mass is 10.2. The Morgan fingerprint density at radius 1 is 1.16 bits per heavy atom. The van der Waals surface area contributed by atoms with Gasteiger partial charge in [0.15, 0.2) is 0 Å². The number of nitrogens with two attached hydrogens (primary N) is 1. The molecule has 0 aromatic heterocycles. The third kappa shape index (κ3) is 3.52. The summed E-state index contributed by atoms with van der Waals surface area (Å²) in [4.78, 5) is 0. The molecule has 0 saturated carbocycles.